The minimum Gasteiger partial charge on any atom is -0.455 e. The number of carbonyl (C=O) groups excluding carboxylic acids is 1. The molecule has 0 aliphatic rings. The van der Waals surface area contributed by atoms with Crippen LogP contribution < -0.4 is 0 Å². The lowest BCUT2D eigenvalue weighted by Crippen LogP contribution is -2.08. The Morgan fingerprint density at radius 3 is 2.85 bits per heavy atom. The van der Waals surface area contributed by atoms with Crippen LogP contribution in [0.5, 0.6) is 0 Å². The minimum atomic E-state index is -0.847. The first-order chi connectivity index (χ1) is 9.47. The van der Waals surface area contributed by atoms with Crippen LogP contribution in [0.1, 0.15) is 21.8 Å². The number of benzene rings is 1. The number of carbonyl (C=O) groups is 1. The molecule has 8 heteroatoms. The first-order valence-electron chi connectivity index (χ1n) is 5.50. The molecule has 0 aliphatic heterocycles. The second kappa shape index (κ2) is 5.70. The van der Waals surface area contributed by atoms with E-state index in [0.29, 0.717) is 11.5 Å². The molecule has 20 heavy (non-hydrogen) atoms. The average molecular weight is 297 g/mol. The number of ether oxygens (including phenoxy) is 1. The summed E-state index contributed by atoms with van der Waals surface area (Å²) in [4.78, 5) is 22.0. The van der Waals surface area contributed by atoms with Gasteiger partial charge in [-0.3, -0.25) is 10.1 Å². The maximum atomic E-state index is 11.9. The van der Waals surface area contributed by atoms with E-state index in [1.165, 1.54) is 12.1 Å². The molecule has 104 valence electrons. The van der Waals surface area contributed by atoms with Gasteiger partial charge >= 0.3 is 5.97 Å². The SMILES string of the molecule is Cc1cc(COC(=O)c2cc(Cl)ccc2[N+](=O)[O-])no1. The molecule has 0 saturated carbocycles. The third-order valence-corrected chi connectivity index (χ3v) is 2.64. The molecule has 0 radical (unpaired) electrons. The summed E-state index contributed by atoms with van der Waals surface area (Å²) in [6, 6.07) is 5.27. The van der Waals surface area contributed by atoms with Gasteiger partial charge in [-0.1, -0.05) is 16.8 Å². The number of aromatic nitrogens is 1. The largest absolute Gasteiger partial charge is 0.455 e. The van der Waals surface area contributed by atoms with Crippen molar-refractivity contribution in [1.29, 1.82) is 0 Å². The fraction of sp³-hybridized carbons (Fsp3) is 0.167. The van der Waals surface area contributed by atoms with Crippen molar-refractivity contribution in [2.75, 3.05) is 0 Å². The number of nitrogens with zero attached hydrogens (tertiary/aromatic N) is 2. The fourth-order valence-corrected chi connectivity index (χ4v) is 1.71. The molecular weight excluding hydrogens is 288 g/mol. The van der Waals surface area contributed by atoms with E-state index in [1.807, 2.05) is 0 Å². The lowest BCUT2D eigenvalue weighted by atomic mass is 10.2. The molecule has 0 unspecified atom stereocenters. The van der Waals surface area contributed by atoms with Gasteiger partial charge in [0.15, 0.2) is 0 Å². The number of hydrogen-bond acceptors (Lipinski definition) is 6. The summed E-state index contributed by atoms with van der Waals surface area (Å²) in [6.45, 7) is 1.56. The molecule has 0 spiro atoms. The van der Waals surface area contributed by atoms with Crippen molar-refractivity contribution in [3.05, 3.63) is 56.4 Å². The number of aryl methyl sites for hydroxylation is 1. The second-order valence-corrected chi connectivity index (χ2v) is 4.36. The van der Waals surface area contributed by atoms with Gasteiger partial charge in [-0.05, 0) is 19.1 Å². The zero-order valence-corrected chi connectivity index (χ0v) is 11.1. The molecule has 1 aromatic heterocycles. The first-order valence-corrected chi connectivity index (χ1v) is 5.88. The third kappa shape index (κ3) is 3.12. The summed E-state index contributed by atoms with van der Waals surface area (Å²) in [5.41, 5.74) is -0.154. The number of nitro benzene ring substituents is 1. The van der Waals surface area contributed by atoms with Crippen LogP contribution >= 0.6 is 11.6 Å². The molecule has 0 saturated heterocycles. The van der Waals surface area contributed by atoms with Crippen LogP contribution in [0.2, 0.25) is 5.02 Å². The van der Waals surface area contributed by atoms with Gasteiger partial charge in [0.05, 0.1) is 4.92 Å². The summed E-state index contributed by atoms with van der Waals surface area (Å²) in [5.74, 6) is -0.273. The Bertz CT molecular complexity index is 668. The summed E-state index contributed by atoms with van der Waals surface area (Å²) in [5, 5.41) is 14.7. The highest BCUT2D eigenvalue weighted by Crippen LogP contribution is 2.23. The van der Waals surface area contributed by atoms with Crippen molar-refractivity contribution in [3.63, 3.8) is 0 Å². The van der Waals surface area contributed by atoms with Gasteiger partial charge in [-0.25, -0.2) is 4.79 Å². The van der Waals surface area contributed by atoms with Gasteiger partial charge in [-0.2, -0.15) is 0 Å². The van der Waals surface area contributed by atoms with Crippen molar-refractivity contribution in [2.45, 2.75) is 13.5 Å². The quantitative estimate of drug-likeness (QED) is 0.489. The summed E-state index contributed by atoms with van der Waals surface area (Å²) < 4.78 is 9.76. The Balaban J connectivity index is 2.16. The highest BCUT2D eigenvalue weighted by atomic mass is 35.5. The molecule has 0 amide bonds. The summed E-state index contributed by atoms with van der Waals surface area (Å²) in [7, 11) is 0. The van der Waals surface area contributed by atoms with E-state index in [1.54, 1.807) is 13.0 Å². The minimum absolute atomic E-state index is 0.139. The van der Waals surface area contributed by atoms with Crippen LogP contribution in [0, 0.1) is 17.0 Å². The second-order valence-electron chi connectivity index (χ2n) is 3.92. The molecule has 0 aliphatic carbocycles. The molecule has 0 bridgehead atoms. The third-order valence-electron chi connectivity index (χ3n) is 2.40. The highest BCUT2D eigenvalue weighted by molar-refractivity contribution is 6.31. The summed E-state index contributed by atoms with van der Waals surface area (Å²) in [6.07, 6.45) is 0. The maximum Gasteiger partial charge on any atom is 0.345 e. The summed E-state index contributed by atoms with van der Waals surface area (Å²) >= 11 is 5.73. The Morgan fingerprint density at radius 1 is 1.50 bits per heavy atom. The molecule has 0 atom stereocenters. The molecule has 1 heterocycles. The lowest BCUT2D eigenvalue weighted by Gasteiger charge is -2.04. The Morgan fingerprint density at radius 2 is 2.25 bits per heavy atom. The van der Waals surface area contributed by atoms with Crippen LogP contribution in [-0.2, 0) is 11.3 Å². The number of hydrogen-bond donors (Lipinski definition) is 0. The normalized spacial score (nSPS) is 10.3. The number of esters is 1. The smallest absolute Gasteiger partial charge is 0.345 e. The predicted octanol–water partition coefficient (Wildman–Crippen LogP) is 2.90. The Hall–Kier alpha value is -2.41. The molecule has 2 aromatic rings. The van der Waals surface area contributed by atoms with E-state index >= 15 is 0 Å². The van der Waals surface area contributed by atoms with Crippen molar-refractivity contribution in [1.82, 2.24) is 5.16 Å². The molecule has 0 N–H and O–H groups in total. The number of halogens is 1. The molecule has 2 rings (SSSR count). The van der Waals surface area contributed by atoms with E-state index in [2.05, 4.69) is 5.16 Å². The van der Waals surface area contributed by atoms with Crippen molar-refractivity contribution >= 4 is 23.3 Å². The van der Waals surface area contributed by atoms with Crippen LogP contribution in [0.4, 0.5) is 5.69 Å². The van der Waals surface area contributed by atoms with E-state index in [4.69, 9.17) is 20.9 Å². The van der Waals surface area contributed by atoms with Crippen molar-refractivity contribution in [3.8, 4) is 0 Å². The lowest BCUT2D eigenvalue weighted by molar-refractivity contribution is -0.385. The molecule has 0 fully saturated rings. The highest BCUT2D eigenvalue weighted by Gasteiger charge is 2.22. The molecular formula is C12H9ClN2O5. The monoisotopic (exact) mass is 296 g/mol. The zero-order valence-electron chi connectivity index (χ0n) is 10.3. The molecule has 1 aromatic carbocycles. The van der Waals surface area contributed by atoms with E-state index in [0.717, 1.165) is 6.07 Å². The number of nitro groups is 1. The van der Waals surface area contributed by atoms with Crippen LogP contribution in [0.15, 0.2) is 28.8 Å². The van der Waals surface area contributed by atoms with Gasteiger partial charge in [0, 0.05) is 17.2 Å². The van der Waals surface area contributed by atoms with E-state index in [-0.39, 0.29) is 22.9 Å². The Kier molecular flexibility index (Phi) is 3.99. The van der Waals surface area contributed by atoms with Gasteiger partial charge in [0.1, 0.15) is 23.6 Å². The topological polar surface area (TPSA) is 95.5 Å². The van der Waals surface area contributed by atoms with Crippen LogP contribution in [0.25, 0.3) is 0 Å². The van der Waals surface area contributed by atoms with Gasteiger partial charge < -0.3 is 9.26 Å². The van der Waals surface area contributed by atoms with E-state index in [9.17, 15) is 14.9 Å². The first kappa shape index (κ1) is 14.0. The van der Waals surface area contributed by atoms with E-state index < -0.39 is 10.9 Å². The standard InChI is InChI=1S/C12H9ClN2O5/c1-7-4-9(14-20-7)6-19-12(16)10-5-8(13)2-3-11(10)15(17)18/h2-5H,6H2,1H3. The molecule has 7 nitrogen and oxygen atoms in total. The van der Waals surface area contributed by atoms with Crippen molar-refractivity contribution < 1.29 is 19.0 Å². The Labute approximate surface area is 118 Å². The van der Waals surface area contributed by atoms with Gasteiger partial charge in [0.2, 0.25) is 0 Å². The maximum absolute atomic E-state index is 11.9. The zero-order chi connectivity index (χ0) is 14.7. The fourth-order valence-electron chi connectivity index (χ4n) is 1.53. The average Bonchev–Trinajstić information content (AvgIpc) is 2.81. The van der Waals surface area contributed by atoms with Crippen LogP contribution in [-0.4, -0.2) is 16.0 Å². The predicted molar refractivity (Wildman–Crippen MR) is 68.5 cm³/mol. The van der Waals surface area contributed by atoms with Crippen LogP contribution in [0.3, 0.4) is 0 Å². The van der Waals surface area contributed by atoms with Gasteiger partial charge in [0.25, 0.3) is 5.69 Å². The van der Waals surface area contributed by atoms with Gasteiger partial charge in [-0.15, -0.1) is 0 Å². The van der Waals surface area contributed by atoms with Crippen molar-refractivity contribution in [2.24, 2.45) is 0 Å². The number of rotatable bonds is 4.